The molecule has 0 unspecified atom stereocenters. The molecule has 0 amide bonds. The maximum absolute atomic E-state index is 14.8. The number of carbonyl (C=O) groups excluding carboxylic acids is 1. The van der Waals surface area contributed by atoms with Gasteiger partial charge in [-0.1, -0.05) is 17.4 Å². The van der Waals surface area contributed by atoms with E-state index in [2.05, 4.69) is 19.6 Å². The molecule has 2 aliphatic heterocycles. The Bertz CT molecular complexity index is 1100. The summed E-state index contributed by atoms with van der Waals surface area (Å²) in [5.41, 5.74) is 6.88. The number of nitrogens with zero attached hydrogens (tertiary/aromatic N) is 3. The summed E-state index contributed by atoms with van der Waals surface area (Å²) in [4.78, 5) is 23.7. The van der Waals surface area contributed by atoms with Crippen molar-refractivity contribution in [2.24, 2.45) is 0 Å². The van der Waals surface area contributed by atoms with Crippen molar-refractivity contribution in [1.29, 1.82) is 0 Å². The summed E-state index contributed by atoms with van der Waals surface area (Å²) in [5.74, 6) is -1.22. The van der Waals surface area contributed by atoms with Crippen molar-refractivity contribution >= 4 is 28.5 Å². The van der Waals surface area contributed by atoms with E-state index in [0.717, 1.165) is 10.6 Å². The van der Waals surface area contributed by atoms with E-state index in [9.17, 15) is 9.18 Å². The minimum Gasteiger partial charge on any atom is -0.465 e. The van der Waals surface area contributed by atoms with E-state index in [-0.39, 0.29) is 29.0 Å². The molecule has 150 valence electrons. The highest BCUT2D eigenvalue weighted by Gasteiger charge is 2.42. The van der Waals surface area contributed by atoms with Gasteiger partial charge in [0.2, 0.25) is 0 Å². The number of methoxy groups -OCH3 is 1. The number of nitrogen functional groups attached to an aromatic ring is 1. The van der Waals surface area contributed by atoms with Crippen molar-refractivity contribution in [1.82, 2.24) is 9.97 Å². The van der Waals surface area contributed by atoms with Gasteiger partial charge in [-0.3, -0.25) is 0 Å². The number of fused-ring (bicyclic) bond motifs is 4. The number of halogens is 1. The SMILES string of the molecule is COC(=O)c1cccc(-c2cnc(N3[C@@H]4COC[C@H]3c3sc(N)nc3C4)o2)c1F. The molecule has 29 heavy (non-hydrogen) atoms. The van der Waals surface area contributed by atoms with Gasteiger partial charge in [0.25, 0.3) is 6.01 Å². The van der Waals surface area contributed by atoms with Crippen molar-refractivity contribution in [3.63, 3.8) is 0 Å². The highest BCUT2D eigenvalue weighted by Crippen LogP contribution is 2.43. The lowest BCUT2D eigenvalue weighted by Crippen LogP contribution is -2.51. The average molecular weight is 416 g/mol. The fourth-order valence-corrected chi connectivity index (χ4v) is 4.84. The van der Waals surface area contributed by atoms with Crippen LogP contribution in [0.1, 0.15) is 27.0 Å². The summed E-state index contributed by atoms with van der Waals surface area (Å²) in [5, 5.41) is 0.525. The van der Waals surface area contributed by atoms with Gasteiger partial charge in [-0.05, 0) is 12.1 Å². The van der Waals surface area contributed by atoms with Gasteiger partial charge in [-0.2, -0.15) is 0 Å². The average Bonchev–Trinajstić information content (AvgIpc) is 3.33. The Morgan fingerprint density at radius 1 is 1.41 bits per heavy atom. The topological polar surface area (TPSA) is 104 Å². The summed E-state index contributed by atoms with van der Waals surface area (Å²) in [6.45, 7) is 0.978. The maximum atomic E-state index is 14.8. The maximum Gasteiger partial charge on any atom is 0.340 e. The number of rotatable bonds is 3. The van der Waals surface area contributed by atoms with E-state index in [0.29, 0.717) is 30.8 Å². The van der Waals surface area contributed by atoms with E-state index in [1.807, 2.05) is 0 Å². The Balaban J connectivity index is 1.52. The Kier molecular flexibility index (Phi) is 4.25. The smallest absolute Gasteiger partial charge is 0.340 e. The Morgan fingerprint density at radius 2 is 2.28 bits per heavy atom. The zero-order valence-corrected chi connectivity index (χ0v) is 16.2. The van der Waals surface area contributed by atoms with E-state index in [4.69, 9.17) is 14.9 Å². The third-order valence-electron chi connectivity index (χ3n) is 5.17. The predicted molar refractivity (Wildman–Crippen MR) is 103 cm³/mol. The second kappa shape index (κ2) is 6.82. The van der Waals surface area contributed by atoms with Crippen LogP contribution in [0.2, 0.25) is 0 Å². The van der Waals surface area contributed by atoms with Crippen LogP contribution in [0.15, 0.2) is 28.8 Å². The molecule has 2 atom stereocenters. The van der Waals surface area contributed by atoms with Gasteiger partial charge in [0.05, 0.1) is 60.3 Å². The molecule has 0 saturated carbocycles. The lowest BCUT2D eigenvalue weighted by Gasteiger charge is -2.43. The number of benzene rings is 1. The highest BCUT2D eigenvalue weighted by molar-refractivity contribution is 7.15. The molecule has 1 saturated heterocycles. The normalized spacial score (nSPS) is 20.4. The molecular formula is C19H17FN4O4S. The largest absolute Gasteiger partial charge is 0.465 e. The summed E-state index contributed by atoms with van der Waals surface area (Å²) in [6.07, 6.45) is 2.13. The molecule has 10 heteroatoms. The number of nitrogens with two attached hydrogens (primary N) is 1. The number of hydrogen-bond acceptors (Lipinski definition) is 9. The van der Waals surface area contributed by atoms with Crippen molar-refractivity contribution in [3.05, 3.63) is 46.3 Å². The van der Waals surface area contributed by atoms with Crippen molar-refractivity contribution < 1.29 is 23.1 Å². The van der Waals surface area contributed by atoms with Crippen LogP contribution in [0, 0.1) is 5.82 Å². The van der Waals surface area contributed by atoms with Gasteiger partial charge < -0.3 is 24.5 Å². The van der Waals surface area contributed by atoms with Crippen LogP contribution in [0.5, 0.6) is 0 Å². The van der Waals surface area contributed by atoms with Crippen LogP contribution in [-0.2, 0) is 15.9 Å². The Morgan fingerprint density at radius 3 is 3.10 bits per heavy atom. The van der Waals surface area contributed by atoms with E-state index in [1.54, 1.807) is 6.07 Å². The van der Waals surface area contributed by atoms with Crippen LogP contribution < -0.4 is 10.6 Å². The van der Waals surface area contributed by atoms with Gasteiger partial charge in [-0.25, -0.2) is 19.2 Å². The Hall–Kier alpha value is -2.98. The van der Waals surface area contributed by atoms with Crippen LogP contribution in [0.3, 0.4) is 0 Å². The van der Waals surface area contributed by atoms with Crippen LogP contribution in [-0.4, -0.2) is 42.3 Å². The number of hydrogen-bond donors (Lipinski definition) is 1. The molecule has 1 aromatic carbocycles. The number of ether oxygens (including phenoxy) is 2. The van der Waals surface area contributed by atoms with Crippen LogP contribution in [0.25, 0.3) is 11.3 Å². The summed E-state index contributed by atoms with van der Waals surface area (Å²) >= 11 is 1.43. The molecule has 0 aliphatic carbocycles. The zero-order chi connectivity index (χ0) is 20.1. The third kappa shape index (κ3) is 2.87. The van der Waals surface area contributed by atoms with E-state index < -0.39 is 11.8 Å². The zero-order valence-electron chi connectivity index (χ0n) is 15.4. The minimum atomic E-state index is -0.748. The number of morpholine rings is 1. The first-order valence-corrected chi connectivity index (χ1v) is 9.82. The summed E-state index contributed by atoms with van der Waals surface area (Å²) in [7, 11) is 1.21. The molecular weight excluding hydrogens is 399 g/mol. The number of carbonyl (C=O) groups is 1. The fraction of sp³-hybridized carbons (Fsp3) is 0.316. The van der Waals surface area contributed by atoms with Gasteiger partial charge in [0.15, 0.2) is 10.9 Å². The number of thiazole rings is 1. The number of oxazole rings is 1. The number of anilines is 2. The van der Waals surface area contributed by atoms with Crippen LogP contribution in [0.4, 0.5) is 15.5 Å². The molecule has 5 rings (SSSR count). The third-order valence-corrected chi connectivity index (χ3v) is 6.20. The first kappa shape index (κ1) is 18.1. The van der Waals surface area contributed by atoms with Gasteiger partial charge in [0.1, 0.15) is 5.82 Å². The number of esters is 1. The highest BCUT2D eigenvalue weighted by atomic mass is 32.1. The molecule has 2 bridgehead atoms. The molecule has 0 spiro atoms. The molecule has 2 N–H and O–H groups in total. The monoisotopic (exact) mass is 416 g/mol. The predicted octanol–water partition coefficient (Wildman–Crippen LogP) is 2.81. The van der Waals surface area contributed by atoms with Gasteiger partial charge in [-0.15, -0.1) is 0 Å². The lowest BCUT2D eigenvalue weighted by molar-refractivity contribution is 0.0578. The fourth-order valence-electron chi connectivity index (χ4n) is 3.89. The van der Waals surface area contributed by atoms with Crippen molar-refractivity contribution in [2.75, 3.05) is 31.0 Å². The molecule has 2 aliphatic rings. The first-order chi connectivity index (χ1) is 14.1. The van der Waals surface area contributed by atoms with Crippen LogP contribution >= 0.6 is 11.3 Å². The second-order valence-electron chi connectivity index (χ2n) is 6.85. The van der Waals surface area contributed by atoms with Gasteiger partial charge in [0, 0.05) is 6.42 Å². The first-order valence-electron chi connectivity index (χ1n) is 9.01. The van der Waals surface area contributed by atoms with Crippen molar-refractivity contribution in [2.45, 2.75) is 18.5 Å². The molecule has 0 radical (unpaired) electrons. The lowest BCUT2D eigenvalue weighted by atomic mass is 9.97. The standard InChI is InChI=1S/C19H17FN4O4S/c1-26-17(25)11-4-2-3-10(15(11)20)14-6-22-19(28-14)24-9-5-12-16(29-18(21)23-12)13(24)8-27-7-9/h2-4,6,9,13H,5,7-8H2,1H3,(H2,21,23)/t9-,13-/m0/s1. The second-order valence-corrected chi connectivity index (χ2v) is 7.91. The molecule has 1 fully saturated rings. The molecule has 2 aromatic heterocycles. The molecule has 8 nitrogen and oxygen atoms in total. The summed E-state index contributed by atoms with van der Waals surface area (Å²) in [6, 6.07) is 4.74. The van der Waals surface area contributed by atoms with Gasteiger partial charge >= 0.3 is 5.97 Å². The number of aromatic nitrogens is 2. The Labute approximate surface area is 169 Å². The van der Waals surface area contributed by atoms with E-state index >= 15 is 0 Å². The summed E-state index contributed by atoms with van der Waals surface area (Å²) < 4.78 is 31.1. The molecule has 4 heterocycles. The van der Waals surface area contributed by atoms with Crippen molar-refractivity contribution in [3.8, 4) is 11.3 Å². The molecule has 3 aromatic rings. The minimum absolute atomic E-state index is 0.000463. The van der Waals surface area contributed by atoms with E-state index in [1.165, 1.54) is 36.8 Å². The quantitative estimate of drug-likeness (QED) is 0.650.